The molecule has 0 radical (unpaired) electrons. The Morgan fingerprint density at radius 1 is 1.35 bits per heavy atom. The summed E-state index contributed by atoms with van der Waals surface area (Å²) in [6.45, 7) is 2.19. The third-order valence-electron chi connectivity index (χ3n) is 2.89. The standard InChI is InChI=1S/C14H16BrNS/c1-3-10-5-4-6-11(9-10)13(16-2)14-12(15)7-8-17-14/h4-9,13,16H,3H2,1-2H3. The van der Waals surface area contributed by atoms with E-state index in [1.165, 1.54) is 20.5 Å². The van der Waals surface area contributed by atoms with E-state index in [1.54, 1.807) is 11.3 Å². The minimum absolute atomic E-state index is 0.274. The van der Waals surface area contributed by atoms with Crippen LogP contribution in [0.25, 0.3) is 0 Å². The van der Waals surface area contributed by atoms with Gasteiger partial charge in [0.15, 0.2) is 0 Å². The largest absolute Gasteiger partial charge is 0.309 e. The van der Waals surface area contributed by atoms with Crippen LogP contribution in [-0.2, 0) is 6.42 Å². The molecule has 0 aliphatic carbocycles. The molecule has 2 rings (SSSR count). The predicted molar refractivity (Wildman–Crippen MR) is 78.7 cm³/mol. The minimum atomic E-state index is 0.274. The molecular weight excluding hydrogens is 294 g/mol. The van der Waals surface area contributed by atoms with E-state index in [1.807, 2.05) is 7.05 Å². The molecule has 3 heteroatoms. The molecule has 0 aliphatic rings. The van der Waals surface area contributed by atoms with Gasteiger partial charge in [-0.2, -0.15) is 0 Å². The van der Waals surface area contributed by atoms with Crippen LogP contribution < -0.4 is 5.32 Å². The lowest BCUT2D eigenvalue weighted by atomic mass is 10.0. The number of aryl methyl sites for hydroxylation is 1. The van der Waals surface area contributed by atoms with Gasteiger partial charge in [-0.05, 0) is 52.0 Å². The first kappa shape index (κ1) is 12.8. The lowest BCUT2D eigenvalue weighted by molar-refractivity contribution is 0.700. The minimum Gasteiger partial charge on any atom is -0.309 e. The molecular formula is C14H16BrNS. The van der Waals surface area contributed by atoms with Crippen molar-refractivity contribution in [2.24, 2.45) is 0 Å². The van der Waals surface area contributed by atoms with E-state index < -0.39 is 0 Å². The second-order valence-electron chi connectivity index (χ2n) is 3.95. The van der Waals surface area contributed by atoms with Crippen molar-refractivity contribution in [3.05, 3.63) is 56.2 Å². The van der Waals surface area contributed by atoms with Crippen LogP contribution in [0.4, 0.5) is 0 Å². The van der Waals surface area contributed by atoms with E-state index in [0.29, 0.717) is 0 Å². The van der Waals surface area contributed by atoms with Crippen LogP contribution in [0.5, 0.6) is 0 Å². The highest BCUT2D eigenvalue weighted by molar-refractivity contribution is 9.10. The number of hydrogen-bond donors (Lipinski definition) is 1. The Balaban J connectivity index is 2.38. The molecule has 1 nitrogen and oxygen atoms in total. The molecule has 17 heavy (non-hydrogen) atoms. The maximum Gasteiger partial charge on any atom is 0.0680 e. The Kier molecular flexibility index (Phi) is 4.37. The summed E-state index contributed by atoms with van der Waals surface area (Å²) in [5.74, 6) is 0. The van der Waals surface area contributed by atoms with Gasteiger partial charge in [0.05, 0.1) is 6.04 Å². The normalized spacial score (nSPS) is 12.6. The molecule has 0 saturated carbocycles. The predicted octanol–water partition coefficient (Wildman–Crippen LogP) is 4.38. The molecule has 1 atom stereocenters. The second-order valence-corrected chi connectivity index (χ2v) is 5.76. The highest BCUT2D eigenvalue weighted by Crippen LogP contribution is 2.33. The Morgan fingerprint density at radius 3 is 2.76 bits per heavy atom. The smallest absolute Gasteiger partial charge is 0.0680 e. The Labute approximate surface area is 115 Å². The third-order valence-corrected chi connectivity index (χ3v) is 4.82. The van der Waals surface area contributed by atoms with E-state index >= 15 is 0 Å². The monoisotopic (exact) mass is 309 g/mol. The van der Waals surface area contributed by atoms with Crippen molar-refractivity contribution in [1.82, 2.24) is 5.32 Å². The lowest BCUT2D eigenvalue weighted by Gasteiger charge is -2.16. The van der Waals surface area contributed by atoms with Crippen LogP contribution in [0.3, 0.4) is 0 Å². The number of nitrogens with one attached hydrogen (secondary N) is 1. The average Bonchev–Trinajstić information content (AvgIpc) is 2.77. The number of hydrogen-bond acceptors (Lipinski definition) is 2. The summed E-state index contributed by atoms with van der Waals surface area (Å²) in [5, 5.41) is 5.51. The molecule has 0 spiro atoms. The number of benzene rings is 1. The number of thiophene rings is 1. The van der Waals surface area contributed by atoms with Crippen molar-refractivity contribution in [2.45, 2.75) is 19.4 Å². The second kappa shape index (κ2) is 5.80. The van der Waals surface area contributed by atoms with Crippen molar-refractivity contribution in [1.29, 1.82) is 0 Å². The first-order chi connectivity index (χ1) is 8.26. The van der Waals surface area contributed by atoms with Crippen LogP contribution in [-0.4, -0.2) is 7.05 Å². The zero-order valence-electron chi connectivity index (χ0n) is 10.0. The molecule has 0 bridgehead atoms. The first-order valence-electron chi connectivity index (χ1n) is 5.75. The van der Waals surface area contributed by atoms with Gasteiger partial charge in [-0.3, -0.25) is 0 Å². The Morgan fingerprint density at radius 2 is 2.18 bits per heavy atom. The van der Waals surface area contributed by atoms with Crippen LogP contribution in [0.1, 0.15) is 29.0 Å². The summed E-state index contributed by atoms with van der Waals surface area (Å²) in [4.78, 5) is 1.33. The maximum absolute atomic E-state index is 3.61. The molecule has 1 N–H and O–H groups in total. The molecule has 0 amide bonds. The van der Waals surface area contributed by atoms with Gasteiger partial charge in [0.2, 0.25) is 0 Å². The van der Waals surface area contributed by atoms with Gasteiger partial charge in [0.25, 0.3) is 0 Å². The van der Waals surface area contributed by atoms with Crippen molar-refractivity contribution in [3.63, 3.8) is 0 Å². The zero-order chi connectivity index (χ0) is 12.3. The Bertz CT molecular complexity index is 492. The Hall–Kier alpha value is -0.640. The third kappa shape index (κ3) is 2.79. The topological polar surface area (TPSA) is 12.0 Å². The van der Waals surface area contributed by atoms with E-state index in [9.17, 15) is 0 Å². The van der Waals surface area contributed by atoms with Crippen LogP contribution >= 0.6 is 27.3 Å². The fourth-order valence-electron chi connectivity index (χ4n) is 1.95. The molecule has 1 aromatic heterocycles. The fourth-order valence-corrected chi connectivity index (χ4v) is 3.69. The number of halogens is 1. The van der Waals surface area contributed by atoms with Crippen LogP contribution in [0, 0.1) is 0 Å². The fraction of sp³-hybridized carbons (Fsp3) is 0.286. The highest BCUT2D eigenvalue weighted by atomic mass is 79.9. The lowest BCUT2D eigenvalue weighted by Crippen LogP contribution is -2.17. The summed E-state index contributed by atoms with van der Waals surface area (Å²) < 4.78 is 1.18. The average molecular weight is 310 g/mol. The van der Waals surface area contributed by atoms with Crippen molar-refractivity contribution in [3.8, 4) is 0 Å². The van der Waals surface area contributed by atoms with E-state index in [4.69, 9.17) is 0 Å². The molecule has 0 saturated heterocycles. The molecule has 0 fully saturated rings. The van der Waals surface area contributed by atoms with E-state index in [-0.39, 0.29) is 6.04 Å². The van der Waals surface area contributed by atoms with Gasteiger partial charge in [-0.1, -0.05) is 31.2 Å². The van der Waals surface area contributed by atoms with Gasteiger partial charge in [-0.15, -0.1) is 11.3 Å². The summed E-state index contributed by atoms with van der Waals surface area (Å²) in [6, 6.07) is 11.2. The SMILES string of the molecule is CCc1cccc(C(NC)c2sccc2Br)c1. The molecule has 90 valence electrons. The van der Waals surface area contributed by atoms with Crippen molar-refractivity contribution in [2.75, 3.05) is 7.05 Å². The number of rotatable bonds is 4. The summed E-state index contributed by atoms with van der Waals surface area (Å²) in [7, 11) is 2.01. The summed E-state index contributed by atoms with van der Waals surface area (Å²) >= 11 is 5.39. The highest BCUT2D eigenvalue weighted by Gasteiger charge is 2.16. The molecule has 0 aliphatic heterocycles. The summed E-state index contributed by atoms with van der Waals surface area (Å²) in [6.07, 6.45) is 1.08. The maximum atomic E-state index is 3.61. The zero-order valence-corrected chi connectivity index (χ0v) is 12.4. The van der Waals surface area contributed by atoms with E-state index in [2.05, 4.69) is 63.9 Å². The van der Waals surface area contributed by atoms with Gasteiger partial charge >= 0.3 is 0 Å². The molecule has 2 aromatic rings. The quantitative estimate of drug-likeness (QED) is 0.883. The first-order valence-corrected chi connectivity index (χ1v) is 7.42. The van der Waals surface area contributed by atoms with Crippen LogP contribution in [0.15, 0.2) is 40.2 Å². The van der Waals surface area contributed by atoms with Crippen molar-refractivity contribution >= 4 is 27.3 Å². The van der Waals surface area contributed by atoms with Gasteiger partial charge in [-0.25, -0.2) is 0 Å². The van der Waals surface area contributed by atoms with Crippen molar-refractivity contribution < 1.29 is 0 Å². The van der Waals surface area contributed by atoms with Gasteiger partial charge < -0.3 is 5.32 Å². The molecule has 1 heterocycles. The van der Waals surface area contributed by atoms with Gasteiger partial charge in [0, 0.05) is 9.35 Å². The molecule has 1 unspecified atom stereocenters. The van der Waals surface area contributed by atoms with Gasteiger partial charge in [0.1, 0.15) is 0 Å². The summed E-state index contributed by atoms with van der Waals surface area (Å²) in [5.41, 5.74) is 2.71. The van der Waals surface area contributed by atoms with Crippen LogP contribution in [0.2, 0.25) is 0 Å². The van der Waals surface area contributed by atoms with E-state index in [0.717, 1.165) is 6.42 Å². The molecule has 1 aromatic carbocycles.